The maximum absolute atomic E-state index is 12.2. The first-order valence-corrected chi connectivity index (χ1v) is 12.2. The summed E-state index contributed by atoms with van der Waals surface area (Å²) in [4.78, 5) is 27.4. The first kappa shape index (κ1) is 26.0. The number of amides is 1. The fourth-order valence-electron chi connectivity index (χ4n) is 3.50. The van der Waals surface area contributed by atoms with Crippen molar-refractivity contribution in [1.29, 1.82) is 0 Å². The van der Waals surface area contributed by atoms with Crippen LogP contribution in [0.25, 0.3) is 0 Å². The standard InChI is InChI=1S/C25H35NO5S/c1-3-4-5-9-23(29)20-10-12-21(13-11-20)26(19(2)28)16-7-6-8-22-14-15-24(32-22)25(30)31-18-17-27/h10-15,23,27,29H,3-9,16-18H2,1-2H3. The third kappa shape index (κ3) is 8.37. The Balaban J connectivity index is 1.83. The van der Waals surface area contributed by atoms with Gasteiger partial charge in [0.1, 0.15) is 11.5 Å². The van der Waals surface area contributed by atoms with Crippen molar-refractivity contribution in [3.05, 3.63) is 51.7 Å². The number of hydrogen-bond donors (Lipinski definition) is 2. The molecule has 0 aliphatic heterocycles. The number of thiophene rings is 1. The Morgan fingerprint density at radius 1 is 1.06 bits per heavy atom. The molecular formula is C25H35NO5S. The number of ether oxygens (including phenoxy) is 1. The second-order valence-corrected chi connectivity index (χ2v) is 9.02. The highest BCUT2D eigenvalue weighted by Gasteiger charge is 2.14. The molecule has 1 atom stereocenters. The van der Waals surface area contributed by atoms with Crippen molar-refractivity contribution in [2.75, 3.05) is 24.7 Å². The molecule has 32 heavy (non-hydrogen) atoms. The third-order valence-corrected chi connectivity index (χ3v) is 6.42. The topological polar surface area (TPSA) is 87.1 Å². The van der Waals surface area contributed by atoms with E-state index in [1.54, 1.807) is 17.9 Å². The number of benzene rings is 1. The van der Waals surface area contributed by atoms with Gasteiger partial charge in [-0.3, -0.25) is 4.79 Å². The summed E-state index contributed by atoms with van der Waals surface area (Å²) >= 11 is 1.40. The van der Waals surface area contributed by atoms with Crippen LogP contribution in [0, 0.1) is 0 Å². The minimum Gasteiger partial charge on any atom is -0.459 e. The number of anilines is 1. The van der Waals surface area contributed by atoms with Gasteiger partial charge in [0, 0.05) is 24.0 Å². The van der Waals surface area contributed by atoms with Gasteiger partial charge >= 0.3 is 5.97 Å². The Morgan fingerprint density at radius 3 is 2.47 bits per heavy atom. The fourth-order valence-corrected chi connectivity index (χ4v) is 4.44. The molecule has 0 radical (unpaired) electrons. The minimum atomic E-state index is -0.460. The molecule has 0 fully saturated rings. The monoisotopic (exact) mass is 461 g/mol. The van der Waals surface area contributed by atoms with Gasteiger partial charge in [0.15, 0.2) is 0 Å². The average Bonchev–Trinajstić information content (AvgIpc) is 3.26. The number of unbranched alkanes of at least 4 members (excludes halogenated alkanes) is 3. The molecule has 0 saturated heterocycles. The molecule has 0 aliphatic carbocycles. The van der Waals surface area contributed by atoms with Gasteiger partial charge < -0.3 is 19.8 Å². The lowest BCUT2D eigenvalue weighted by atomic mass is 10.0. The quantitative estimate of drug-likeness (QED) is 0.309. The molecule has 2 N–H and O–H groups in total. The normalized spacial score (nSPS) is 11.9. The molecule has 0 saturated carbocycles. The third-order valence-electron chi connectivity index (χ3n) is 5.29. The number of aryl methyl sites for hydroxylation is 1. The summed E-state index contributed by atoms with van der Waals surface area (Å²) < 4.78 is 4.93. The van der Waals surface area contributed by atoms with Gasteiger partial charge in [-0.15, -0.1) is 11.3 Å². The van der Waals surface area contributed by atoms with Gasteiger partial charge in [-0.05, 0) is 55.5 Å². The van der Waals surface area contributed by atoms with E-state index in [0.717, 1.165) is 61.1 Å². The van der Waals surface area contributed by atoms with Crippen molar-refractivity contribution in [1.82, 2.24) is 0 Å². The van der Waals surface area contributed by atoms with Gasteiger partial charge in [0.2, 0.25) is 5.91 Å². The number of carbonyl (C=O) groups excluding carboxylic acids is 2. The van der Waals surface area contributed by atoms with Gasteiger partial charge in [-0.2, -0.15) is 0 Å². The number of aliphatic hydroxyl groups is 2. The molecule has 1 unspecified atom stereocenters. The van der Waals surface area contributed by atoms with Gasteiger partial charge in [-0.1, -0.05) is 38.3 Å². The number of aliphatic hydroxyl groups excluding tert-OH is 2. The summed E-state index contributed by atoms with van der Waals surface area (Å²) in [6.45, 7) is 4.15. The van der Waals surface area contributed by atoms with Crippen LogP contribution in [0.15, 0.2) is 36.4 Å². The molecule has 0 aliphatic rings. The lowest BCUT2D eigenvalue weighted by molar-refractivity contribution is -0.116. The van der Waals surface area contributed by atoms with Crippen LogP contribution >= 0.6 is 11.3 Å². The molecule has 0 spiro atoms. The average molecular weight is 462 g/mol. The molecule has 2 aromatic rings. The SMILES string of the molecule is CCCCCC(O)c1ccc(N(CCCCc2ccc(C(=O)OCCO)s2)C(C)=O)cc1. The van der Waals surface area contributed by atoms with Gasteiger partial charge in [-0.25, -0.2) is 4.79 Å². The Morgan fingerprint density at radius 2 is 1.81 bits per heavy atom. The number of hydrogen-bond acceptors (Lipinski definition) is 6. The van der Waals surface area contributed by atoms with E-state index in [2.05, 4.69) is 6.92 Å². The van der Waals surface area contributed by atoms with Crippen molar-refractivity contribution in [2.24, 2.45) is 0 Å². The smallest absolute Gasteiger partial charge is 0.348 e. The lowest BCUT2D eigenvalue weighted by Gasteiger charge is -2.22. The van der Waals surface area contributed by atoms with E-state index >= 15 is 0 Å². The number of carbonyl (C=O) groups is 2. The molecule has 1 heterocycles. The second-order valence-electron chi connectivity index (χ2n) is 7.86. The van der Waals surface area contributed by atoms with Gasteiger partial charge in [0.05, 0.1) is 12.7 Å². The zero-order valence-electron chi connectivity index (χ0n) is 19.1. The summed E-state index contributed by atoms with van der Waals surface area (Å²) in [6.07, 6.45) is 6.11. The molecular weight excluding hydrogens is 426 g/mol. The molecule has 7 heteroatoms. The van der Waals surface area contributed by atoms with Crippen molar-refractivity contribution >= 4 is 28.9 Å². The molecule has 1 amide bonds. The first-order valence-electron chi connectivity index (χ1n) is 11.4. The van der Waals surface area contributed by atoms with Crippen molar-refractivity contribution < 1.29 is 24.5 Å². The van der Waals surface area contributed by atoms with E-state index in [1.165, 1.54) is 11.3 Å². The van der Waals surface area contributed by atoms with E-state index in [0.29, 0.717) is 11.4 Å². The Hall–Kier alpha value is -2.22. The summed E-state index contributed by atoms with van der Waals surface area (Å²) in [5, 5.41) is 19.1. The number of nitrogens with zero attached hydrogens (tertiary/aromatic N) is 1. The molecule has 1 aromatic carbocycles. The maximum atomic E-state index is 12.2. The van der Waals surface area contributed by atoms with Crippen molar-refractivity contribution in [2.45, 2.75) is 64.9 Å². The summed E-state index contributed by atoms with van der Waals surface area (Å²) in [5.41, 5.74) is 1.73. The zero-order valence-corrected chi connectivity index (χ0v) is 19.9. The van der Waals surface area contributed by atoms with E-state index < -0.39 is 12.1 Å². The Labute approximate surface area is 194 Å². The summed E-state index contributed by atoms with van der Waals surface area (Å²) in [6, 6.07) is 11.3. The largest absolute Gasteiger partial charge is 0.459 e. The maximum Gasteiger partial charge on any atom is 0.348 e. The van der Waals surface area contributed by atoms with Crippen LogP contribution in [-0.2, 0) is 16.0 Å². The first-order chi connectivity index (χ1) is 15.5. The Bertz CT molecular complexity index is 833. The highest BCUT2D eigenvalue weighted by molar-refractivity contribution is 7.13. The van der Waals surface area contributed by atoms with Crippen LogP contribution in [0.2, 0.25) is 0 Å². The van der Waals surface area contributed by atoms with Crippen LogP contribution in [0.1, 0.15) is 78.6 Å². The summed E-state index contributed by atoms with van der Waals surface area (Å²) in [5.74, 6) is -0.414. The predicted molar refractivity (Wildman–Crippen MR) is 128 cm³/mol. The van der Waals surface area contributed by atoms with Crippen LogP contribution < -0.4 is 4.90 Å². The second kappa shape index (κ2) is 14.0. The molecule has 176 valence electrons. The van der Waals surface area contributed by atoms with E-state index in [9.17, 15) is 14.7 Å². The van der Waals surface area contributed by atoms with E-state index in [4.69, 9.17) is 9.84 Å². The van der Waals surface area contributed by atoms with E-state index in [1.807, 2.05) is 30.3 Å². The van der Waals surface area contributed by atoms with Gasteiger partial charge in [0.25, 0.3) is 0 Å². The molecule has 6 nitrogen and oxygen atoms in total. The van der Waals surface area contributed by atoms with E-state index in [-0.39, 0.29) is 19.1 Å². The molecule has 0 bridgehead atoms. The highest BCUT2D eigenvalue weighted by atomic mass is 32.1. The van der Waals surface area contributed by atoms with Crippen LogP contribution in [0.3, 0.4) is 0 Å². The number of esters is 1. The minimum absolute atomic E-state index is 0.00570. The van der Waals surface area contributed by atoms with Crippen LogP contribution in [-0.4, -0.2) is 41.8 Å². The zero-order chi connectivity index (χ0) is 23.3. The lowest BCUT2D eigenvalue weighted by Crippen LogP contribution is -2.29. The number of rotatable bonds is 14. The predicted octanol–water partition coefficient (Wildman–Crippen LogP) is 4.89. The van der Waals surface area contributed by atoms with Crippen molar-refractivity contribution in [3.63, 3.8) is 0 Å². The van der Waals surface area contributed by atoms with Crippen LogP contribution in [0.4, 0.5) is 5.69 Å². The summed E-state index contributed by atoms with van der Waals surface area (Å²) in [7, 11) is 0. The Kier molecular flexibility index (Phi) is 11.4. The fraction of sp³-hybridized carbons (Fsp3) is 0.520. The highest BCUT2D eigenvalue weighted by Crippen LogP contribution is 2.24. The molecule has 1 aromatic heterocycles. The molecule has 2 rings (SSSR count). The van der Waals surface area contributed by atoms with Crippen LogP contribution in [0.5, 0.6) is 0 Å². The van der Waals surface area contributed by atoms with Crippen molar-refractivity contribution in [3.8, 4) is 0 Å².